The first-order chi connectivity index (χ1) is 14.1. The van der Waals surface area contributed by atoms with Crippen molar-refractivity contribution >= 4 is 34.8 Å². The molecule has 2 heterocycles. The predicted molar refractivity (Wildman–Crippen MR) is 114 cm³/mol. The number of nitriles is 1. The highest BCUT2D eigenvalue weighted by atomic mass is 32.1. The van der Waals surface area contributed by atoms with Crippen molar-refractivity contribution in [2.45, 2.75) is 38.6 Å². The molecule has 0 saturated carbocycles. The molecule has 3 rings (SSSR count). The van der Waals surface area contributed by atoms with Gasteiger partial charge in [0.25, 0.3) is 6.47 Å². The van der Waals surface area contributed by atoms with Crippen molar-refractivity contribution in [3.63, 3.8) is 0 Å². The van der Waals surface area contributed by atoms with E-state index in [0.29, 0.717) is 16.6 Å². The zero-order valence-corrected chi connectivity index (χ0v) is 17.0. The monoisotopic (exact) mass is 412 g/mol. The van der Waals surface area contributed by atoms with Gasteiger partial charge in [0.1, 0.15) is 11.1 Å². The molecular weight excluding hydrogens is 388 g/mol. The predicted octanol–water partition coefficient (Wildman–Crippen LogP) is 3.22. The largest absolute Gasteiger partial charge is 0.483 e. The van der Waals surface area contributed by atoms with Crippen LogP contribution in [0.5, 0.6) is 0 Å². The number of fused-ring (bicyclic) bond motifs is 1. The first kappa shape index (κ1) is 22.3. The molecular formula is C21H24N4O3S. The number of anilines is 1. The molecule has 0 fully saturated rings. The molecule has 3 N–H and O–H groups in total. The van der Waals surface area contributed by atoms with Gasteiger partial charge in [-0.15, -0.1) is 11.3 Å². The molecule has 0 radical (unpaired) electrons. The van der Waals surface area contributed by atoms with Crippen LogP contribution in [0.2, 0.25) is 0 Å². The Bertz CT molecular complexity index is 887. The van der Waals surface area contributed by atoms with E-state index in [1.54, 1.807) is 18.5 Å². The number of aromatic nitrogens is 1. The summed E-state index contributed by atoms with van der Waals surface area (Å²) in [5.74, 6) is -0.232. The summed E-state index contributed by atoms with van der Waals surface area (Å²) in [6.45, 7) is 2.92. The highest BCUT2D eigenvalue weighted by molar-refractivity contribution is 7.16. The van der Waals surface area contributed by atoms with Crippen LogP contribution in [0.4, 0.5) is 5.00 Å². The maximum Gasteiger partial charge on any atom is 0.290 e. The lowest BCUT2D eigenvalue weighted by atomic mass is 9.92. The highest BCUT2D eigenvalue weighted by Crippen LogP contribution is 2.37. The quantitative estimate of drug-likeness (QED) is 0.496. The number of hydrogen-bond donors (Lipinski definition) is 3. The number of nitrogens with one attached hydrogen (secondary N) is 2. The molecule has 1 atom stereocenters. The summed E-state index contributed by atoms with van der Waals surface area (Å²) in [7, 11) is 0. The van der Waals surface area contributed by atoms with E-state index in [1.165, 1.54) is 22.3 Å². The Morgan fingerprint density at radius 2 is 2.31 bits per heavy atom. The van der Waals surface area contributed by atoms with Crippen molar-refractivity contribution in [1.82, 2.24) is 10.3 Å². The van der Waals surface area contributed by atoms with E-state index in [-0.39, 0.29) is 12.4 Å². The molecule has 0 aromatic carbocycles. The minimum atomic E-state index is -0.250. The molecule has 1 aliphatic carbocycles. The molecule has 0 aliphatic heterocycles. The lowest BCUT2D eigenvalue weighted by molar-refractivity contribution is -0.122. The van der Waals surface area contributed by atoms with Crippen LogP contribution in [0.3, 0.4) is 0 Å². The normalized spacial score (nSPS) is 15.0. The van der Waals surface area contributed by atoms with Crippen molar-refractivity contribution < 1.29 is 14.7 Å². The fraction of sp³-hybridized carbons (Fsp3) is 0.333. The summed E-state index contributed by atoms with van der Waals surface area (Å²) < 4.78 is 0. The third kappa shape index (κ3) is 6.52. The molecule has 0 saturated heterocycles. The number of thiophene rings is 1. The van der Waals surface area contributed by atoms with Gasteiger partial charge >= 0.3 is 0 Å². The summed E-state index contributed by atoms with van der Waals surface area (Å²) in [5.41, 5.74) is 2.60. The van der Waals surface area contributed by atoms with Gasteiger partial charge in [0.2, 0.25) is 5.91 Å². The van der Waals surface area contributed by atoms with E-state index in [4.69, 9.17) is 9.90 Å². The lowest BCUT2D eigenvalue weighted by Crippen LogP contribution is -2.34. The first-order valence-corrected chi connectivity index (χ1v) is 10.2. The molecule has 1 unspecified atom stereocenters. The van der Waals surface area contributed by atoms with E-state index >= 15 is 0 Å². The zero-order chi connectivity index (χ0) is 21.1. The van der Waals surface area contributed by atoms with E-state index in [1.807, 2.05) is 12.1 Å². The van der Waals surface area contributed by atoms with Crippen molar-refractivity contribution in [3.8, 4) is 6.07 Å². The topological polar surface area (TPSA) is 115 Å². The van der Waals surface area contributed by atoms with Gasteiger partial charge in [-0.05, 0) is 55.5 Å². The van der Waals surface area contributed by atoms with Crippen LogP contribution < -0.4 is 10.6 Å². The average Bonchev–Trinajstić information content (AvgIpc) is 3.08. The van der Waals surface area contributed by atoms with Crippen molar-refractivity contribution in [2.75, 3.05) is 11.9 Å². The molecule has 1 aliphatic rings. The number of carbonyl (C=O) groups excluding carboxylic acids is 1. The number of carbonyl (C=O) groups is 2. The molecule has 2 aromatic heterocycles. The number of amides is 1. The van der Waals surface area contributed by atoms with E-state index in [0.717, 1.165) is 43.4 Å². The number of pyridine rings is 1. The summed E-state index contributed by atoms with van der Waals surface area (Å²) in [6.07, 6.45) is 10.5. The van der Waals surface area contributed by atoms with E-state index < -0.39 is 0 Å². The molecule has 152 valence electrons. The Hall–Kier alpha value is -3.02. The van der Waals surface area contributed by atoms with Crippen molar-refractivity contribution in [2.24, 2.45) is 0 Å². The fourth-order valence-electron chi connectivity index (χ4n) is 3.11. The Labute approximate surface area is 174 Å². The second-order valence-electron chi connectivity index (χ2n) is 6.43. The van der Waals surface area contributed by atoms with Gasteiger partial charge in [-0.2, -0.15) is 5.26 Å². The molecule has 1 amide bonds. The van der Waals surface area contributed by atoms with Gasteiger partial charge in [0.15, 0.2) is 0 Å². The van der Waals surface area contributed by atoms with Crippen LogP contribution in [-0.4, -0.2) is 35.1 Å². The summed E-state index contributed by atoms with van der Waals surface area (Å²) in [4.78, 5) is 25.8. The number of hydrogen-bond acceptors (Lipinski definition) is 6. The molecule has 7 nitrogen and oxygen atoms in total. The summed E-state index contributed by atoms with van der Waals surface area (Å²) >= 11 is 1.53. The van der Waals surface area contributed by atoms with E-state index in [9.17, 15) is 10.1 Å². The number of carboxylic acid groups (broad SMARTS) is 1. The third-order valence-corrected chi connectivity index (χ3v) is 5.58. The molecule has 0 spiro atoms. The Kier molecular flexibility index (Phi) is 9.02. The van der Waals surface area contributed by atoms with Crippen LogP contribution in [0, 0.1) is 11.3 Å². The van der Waals surface area contributed by atoms with Gasteiger partial charge in [0, 0.05) is 29.4 Å². The van der Waals surface area contributed by atoms with E-state index in [2.05, 4.69) is 28.6 Å². The summed E-state index contributed by atoms with van der Waals surface area (Å²) in [5, 5.41) is 23.5. The maximum absolute atomic E-state index is 12.2. The molecule has 8 heteroatoms. The number of nitrogens with zero attached hydrogens (tertiary/aromatic N) is 2. The standard InChI is InChI=1S/C20H22N4OS.CH2O2/c1-2-9-23-15-6-7-16-17(12-21)20(26-18(16)11-15)24-19(25)8-5-14-4-3-10-22-13-14;2-1-3/h3-5,8,10,13,15,23H,2,6-7,9,11H2,1H3,(H,24,25);1H,(H,2,3)/b8-5+;. The van der Waals surface area contributed by atoms with Crippen LogP contribution >= 0.6 is 11.3 Å². The first-order valence-electron chi connectivity index (χ1n) is 9.37. The van der Waals surface area contributed by atoms with Crippen molar-refractivity contribution in [1.29, 1.82) is 5.26 Å². The lowest BCUT2D eigenvalue weighted by Gasteiger charge is -2.23. The second-order valence-corrected chi connectivity index (χ2v) is 7.53. The SMILES string of the molecule is CCCNC1CCc2c(sc(NC(=O)/C=C/c3cccnc3)c2C#N)C1.O=CO. The van der Waals surface area contributed by atoms with Gasteiger partial charge in [0.05, 0.1) is 5.56 Å². The molecule has 29 heavy (non-hydrogen) atoms. The maximum atomic E-state index is 12.2. The molecule has 2 aromatic rings. The smallest absolute Gasteiger partial charge is 0.290 e. The summed E-state index contributed by atoms with van der Waals surface area (Å²) in [6, 6.07) is 6.44. The van der Waals surface area contributed by atoms with Crippen LogP contribution in [0.15, 0.2) is 30.6 Å². The van der Waals surface area contributed by atoms with Crippen LogP contribution in [0.25, 0.3) is 6.08 Å². The molecule has 0 bridgehead atoms. The van der Waals surface area contributed by atoms with Gasteiger partial charge in [-0.3, -0.25) is 14.6 Å². The highest BCUT2D eigenvalue weighted by Gasteiger charge is 2.25. The Morgan fingerprint density at radius 1 is 1.52 bits per heavy atom. The van der Waals surface area contributed by atoms with Gasteiger partial charge in [-0.1, -0.05) is 13.0 Å². The third-order valence-electron chi connectivity index (χ3n) is 4.41. The van der Waals surface area contributed by atoms with Crippen LogP contribution in [0.1, 0.15) is 41.3 Å². The Balaban J connectivity index is 0.000000941. The van der Waals surface area contributed by atoms with Gasteiger partial charge < -0.3 is 15.7 Å². The minimum absolute atomic E-state index is 0.232. The van der Waals surface area contributed by atoms with Crippen molar-refractivity contribution in [3.05, 3.63) is 52.2 Å². The number of rotatable bonds is 6. The Morgan fingerprint density at radius 3 is 2.97 bits per heavy atom. The second kappa shape index (κ2) is 11.7. The van der Waals surface area contributed by atoms with Crippen LogP contribution in [-0.2, 0) is 22.4 Å². The fourth-order valence-corrected chi connectivity index (χ4v) is 4.40. The average molecular weight is 413 g/mol. The zero-order valence-electron chi connectivity index (χ0n) is 16.2. The minimum Gasteiger partial charge on any atom is -0.483 e. The van der Waals surface area contributed by atoms with Gasteiger partial charge in [-0.25, -0.2) is 0 Å².